The topological polar surface area (TPSA) is 20.2 Å². The highest BCUT2D eigenvalue weighted by Crippen LogP contribution is 2.28. The van der Waals surface area contributed by atoms with E-state index < -0.39 is 0 Å². The molecule has 1 aromatic heterocycles. The SMILES string of the molecule is CCNCCN1CCC(n2ccc3cc(F)ccc32)CC1. The van der Waals surface area contributed by atoms with Gasteiger partial charge in [0.25, 0.3) is 0 Å². The minimum atomic E-state index is -0.154. The molecule has 2 aromatic rings. The van der Waals surface area contributed by atoms with Crippen molar-refractivity contribution >= 4 is 10.9 Å². The Balaban J connectivity index is 1.63. The molecule has 1 N–H and O–H groups in total. The maximum Gasteiger partial charge on any atom is 0.123 e. The average Bonchev–Trinajstić information content (AvgIpc) is 2.91. The highest BCUT2D eigenvalue weighted by molar-refractivity contribution is 5.80. The van der Waals surface area contributed by atoms with Crippen LogP contribution in [0.4, 0.5) is 4.39 Å². The summed E-state index contributed by atoms with van der Waals surface area (Å²) < 4.78 is 15.6. The molecule has 3 nitrogen and oxygen atoms in total. The first kappa shape index (κ1) is 14.5. The van der Waals surface area contributed by atoms with Crippen molar-refractivity contribution in [3.05, 3.63) is 36.3 Å². The Labute approximate surface area is 125 Å². The third-order valence-corrected chi connectivity index (χ3v) is 4.49. The maximum atomic E-state index is 13.3. The van der Waals surface area contributed by atoms with E-state index in [0.717, 1.165) is 43.6 Å². The molecule has 1 aliphatic heterocycles. The monoisotopic (exact) mass is 289 g/mol. The molecule has 0 radical (unpaired) electrons. The smallest absolute Gasteiger partial charge is 0.123 e. The molecule has 21 heavy (non-hydrogen) atoms. The molecule has 0 bridgehead atoms. The molecule has 0 unspecified atom stereocenters. The summed E-state index contributed by atoms with van der Waals surface area (Å²) in [6.07, 6.45) is 4.46. The molecule has 0 spiro atoms. The number of fused-ring (bicyclic) bond motifs is 1. The fourth-order valence-corrected chi connectivity index (χ4v) is 3.29. The molecular weight excluding hydrogens is 265 g/mol. The number of hydrogen-bond acceptors (Lipinski definition) is 2. The van der Waals surface area contributed by atoms with Crippen molar-refractivity contribution in [2.45, 2.75) is 25.8 Å². The predicted octanol–water partition coefficient (Wildman–Crippen LogP) is 3.03. The van der Waals surface area contributed by atoms with Crippen LogP contribution in [0.25, 0.3) is 10.9 Å². The first-order valence-electron chi connectivity index (χ1n) is 7.97. The van der Waals surface area contributed by atoms with Crippen molar-refractivity contribution in [1.29, 1.82) is 0 Å². The second kappa shape index (κ2) is 6.58. The summed E-state index contributed by atoms with van der Waals surface area (Å²) in [5.41, 5.74) is 1.16. The van der Waals surface area contributed by atoms with E-state index in [1.165, 1.54) is 12.8 Å². The lowest BCUT2D eigenvalue weighted by Gasteiger charge is -2.33. The van der Waals surface area contributed by atoms with E-state index in [1.54, 1.807) is 12.1 Å². The molecular formula is C17H24FN3. The van der Waals surface area contributed by atoms with Crippen molar-refractivity contribution in [3.8, 4) is 0 Å². The molecule has 4 heteroatoms. The van der Waals surface area contributed by atoms with Gasteiger partial charge < -0.3 is 14.8 Å². The Hall–Kier alpha value is -1.39. The van der Waals surface area contributed by atoms with Gasteiger partial charge in [-0.25, -0.2) is 4.39 Å². The number of benzene rings is 1. The standard InChI is InChI=1S/C17H24FN3/c1-2-19-8-12-20-9-6-16(7-10-20)21-11-5-14-13-15(18)3-4-17(14)21/h3-5,11,13,16,19H,2,6-10,12H2,1H3. The van der Waals surface area contributed by atoms with Crippen LogP contribution in [0.3, 0.4) is 0 Å². The Morgan fingerprint density at radius 2 is 2.05 bits per heavy atom. The normalized spacial score (nSPS) is 17.6. The quantitative estimate of drug-likeness (QED) is 0.854. The van der Waals surface area contributed by atoms with Crippen LogP contribution in [0.15, 0.2) is 30.5 Å². The molecule has 1 saturated heterocycles. The second-order valence-electron chi connectivity index (χ2n) is 5.85. The fourth-order valence-electron chi connectivity index (χ4n) is 3.29. The maximum absolute atomic E-state index is 13.3. The van der Waals surface area contributed by atoms with Crippen LogP contribution < -0.4 is 5.32 Å². The van der Waals surface area contributed by atoms with Crippen molar-refractivity contribution in [1.82, 2.24) is 14.8 Å². The Morgan fingerprint density at radius 1 is 1.24 bits per heavy atom. The number of rotatable bonds is 5. The average molecular weight is 289 g/mol. The molecule has 1 aromatic carbocycles. The van der Waals surface area contributed by atoms with Gasteiger partial charge in [-0.05, 0) is 43.7 Å². The van der Waals surface area contributed by atoms with E-state index in [0.29, 0.717) is 6.04 Å². The van der Waals surface area contributed by atoms with Crippen molar-refractivity contribution in [2.24, 2.45) is 0 Å². The van der Waals surface area contributed by atoms with Crippen molar-refractivity contribution in [2.75, 3.05) is 32.7 Å². The van der Waals surface area contributed by atoms with E-state index >= 15 is 0 Å². The van der Waals surface area contributed by atoms with Crippen LogP contribution in [0.1, 0.15) is 25.8 Å². The van der Waals surface area contributed by atoms with Gasteiger partial charge in [0.15, 0.2) is 0 Å². The van der Waals surface area contributed by atoms with Gasteiger partial charge in [-0.1, -0.05) is 6.92 Å². The minimum Gasteiger partial charge on any atom is -0.344 e. The number of likely N-dealkylation sites (N-methyl/N-ethyl adjacent to an activating group) is 1. The van der Waals surface area contributed by atoms with Crippen molar-refractivity contribution in [3.63, 3.8) is 0 Å². The number of aromatic nitrogens is 1. The van der Waals surface area contributed by atoms with Crippen LogP contribution in [-0.2, 0) is 0 Å². The molecule has 114 valence electrons. The van der Waals surface area contributed by atoms with E-state index in [9.17, 15) is 4.39 Å². The van der Waals surface area contributed by atoms with Gasteiger partial charge >= 0.3 is 0 Å². The van der Waals surface area contributed by atoms with E-state index in [-0.39, 0.29) is 5.82 Å². The number of hydrogen-bond donors (Lipinski definition) is 1. The van der Waals surface area contributed by atoms with Gasteiger partial charge in [0.2, 0.25) is 0 Å². The van der Waals surface area contributed by atoms with Crippen LogP contribution in [0, 0.1) is 5.82 Å². The van der Waals surface area contributed by atoms with Gasteiger partial charge in [0.05, 0.1) is 0 Å². The number of halogens is 1. The third-order valence-electron chi connectivity index (χ3n) is 4.49. The zero-order chi connectivity index (χ0) is 14.7. The van der Waals surface area contributed by atoms with E-state index in [2.05, 4.69) is 27.9 Å². The first-order chi connectivity index (χ1) is 10.3. The molecule has 0 saturated carbocycles. The van der Waals surface area contributed by atoms with Crippen LogP contribution in [0.5, 0.6) is 0 Å². The highest BCUT2D eigenvalue weighted by atomic mass is 19.1. The van der Waals surface area contributed by atoms with Gasteiger partial charge in [-0.2, -0.15) is 0 Å². The minimum absolute atomic E-state index is 0.154. The number of likely N-dealkylation sites (tertiary alicyclic amines) is 1. The lowest BCUT2D eigenvalue weighted by atomic mass is 10.0. The van der Waals surface area contributed by atoms with Crippen molar-refractivity contribution < 1.29 is 4.39 Å². The van der Waals surface area contributed by atoms with Crippen LogP contribution in [0.2, 0.25) is 0 Å². The zero-order valence-electron chi connectivity index (χ0n) is 12.7. The summed E-state index contributed by atoms with van der Waals surface area (Å²) in [5, 5.41) is 4.39. The Kier molecular flexibility index (Phi) is 4.56. The molecule has 2 heterocycles. The van der Waals surface area contributed by atoms with Gasteiger partial charge in [0, 0.05) is 49.3 Å². The lowest BCUT2D eigenvalue weighted by molar-refractivity contribution is 0.189. The highest BCUT2D eigenvalue weighted by Gasteiger charge is 2.20. The molecule has 0 amide bonds. The summed E-state index contributed by atoms with van der Waals surface area (Å²) in [5.74, 6) is -0.154. The zero-order valence-corrected chi connectivity index (χ0v) is 12.7. The van der Waals surface area contributed by atoms with Gasteiger partial charge in [-0.3, -0.25) is 0 Å². The lowest BCUT2D eigenvalue weighted by Crippen LogP contribution is -2.38. The van der Waals surface area contributed by atoms with Gasteiger partial charge in [-0.15, -0.1) is 0 Å². The largest absolute Gasteiger partial charge is 0.344 e. The molecule has 0 atom stereocenters. The predicted molar refractivity (Wildman–Crippen MR) is 85.2 cm³/mol. The molecule has 3 rings (SSSR count). The molecule has 1 aliphatic rings. The summed E-state index contributed by atoms with van der Waals surface area (Å²) in [4.78, 5) is 2.53. The fraction of sp³-hybridized carbons (Fsp3) is 0.529. The Morgan fingerprint density at radius 3 is 2.81 bits per heavy atom. The number of piperidine rings is 1. The van der Waals surface area contributed by atoms with E-state index in [4.69, 9.17) is 0 Å². The van der Waals surface area contributed by atoms with E-state index in [1.807, 2.05) is 12.1 Å². The third kappa shape index (κ3) is 3.27. The molecule has 1 fully saturated rings. The van der Waals surface area contributed by atoms with Gasteiger partial charge in [0.1, 0.15) is 5.82 Å². The number of nitrogens with zero attached hydrogens (tertiary/aromatic N) is 2. The first-order valence-corrected chi connectivity index (χ1v) is 7.97. The van der Waals surface area contributed by atoms with Crippen LogP contribution in [-0.4, -0.2) is 42.2 Å². The van der Waals surface area contributed by atoms with Crippen LogP contribution >= 0.6 is 0 Å². The summed E-state index contributed by atoms with van der Waals surface area (Å²) >= 11 is 0. The summed E-state index contributed by atoms with van der Waals surface area (Å²) in [6.45, 7) is 7.70. The summed E-state index contributed by atoms with van der Waals surface area (Å²) in [7, 11) is 0. The second-order valence-corrected chi connectivity index (χ2v) is 5.85. The Bertz CT molecular complexity index is 585. The molecule has 0 aliphatic carbocycles. The summed E-state index contributed by atoms with van der Waals surface area (Å²) in [6, 6.07) is 7.66. The number of nitrogens with one attached hydrogen (secondary N) is 1.